The number of anilines is 2. The first kappa shape index (κ1) is 16.3. The van der Waals surface area contributed by atoms with Gasteiger partial charge in [-0.15, -0.1) is 0 Å². The molecule has 0 amide bonds. The molecule has 0 spiro atoms. The zero-order valence-corrected chi connectivity index (χ0v) is 15.3. The molecule has 0 radical (unpaired) electrons. The second kappa shape index (κ2) is 6.59. The van der Waals surface area contributed by atoms with Crippen LogP contribution in [-0.2, 0) is 7.05 Å². The summed E-state index contributed by atoms with van der Waals surface area (Å²) in [5.41, 5.74) is 5.73. The van der Waals surface area contributed by atoms with Gasteiger partial charge in [-0.25, -0.2) is 0 Å². The number of fused-ring (bicyclic) bond motifs is 1. The largest absolute Gasteiger partial charge is 0.378 e. The van der Waals surface area contributed by atoms with Crippen LogP contribution in [-0.4, -0.2) is 28.9 Å². The van der Waals surface area contributed by atoms with Crippen LogP contribution < -0.4 is 10.2 Å². The molecule has 0 fully saturated rings. The van der Waals surface area contributed by atoms with Gasteiger partial charge in [-0.05, 0) is 24.3 Å². The zero-order chi connectivity index (χ0) is 18.1. The number of hydrogen-bond donors (Lipinski definition) is 2. The summed E-state index contributed by atoms with van der Waals surface area (Å²) < 4.78 is 1.84. The Morgan fingerprint density at radius 1 is 1.12 bits per heavy atom. The van der Waals surface area contributed by atoms with Crippen molar-refractivity contribution in [2.75, 3.05) is 24.3 Å². The summed E-state index contributed by atoms with van der Waals surface area (Å²) in [6.45, 7) is 0. The number of rotatable bonds is 5. The molecule has 4 aromatic rings. The maximum Gasteiger partial charge on any atom is 0.0818 e. The fourth-order valence-corrected chi connectivity index (χ4v) is 3.30. The molecule has 132 valence electrons. The van der Waals surface area contributed by atoms with Gasteiger partial charge in [0.25, 0.3) is 0 Å². The molecule has 0 aliphatic heterocycles. The van der Waals surface area contributed by atoms with Gasteiger partial charge < -0.3 is 15.2 Å². The van der Waals surface area contributed by atoms with Gasteiger partial charge >= 0.3 is 0 Å². The number of para-hydroxylation sites is 1. The van der Waals surface area contributed by atoms with Gasteiger partial charge in [-0.2, -0.15) is 5.10 Å². The lowest BCUT2D eigenvalue weighted by Gasteiger charge is -2.20. The quantitative estimate of drug-likeness (QED) is 0.571. The van der Waals surface area contributed by atoms with Gasteiger partial charge in [0.15, 0.2) is 0 Å². The van der Waals surface area contributed by atoms with E-state index in [0.717, 1.165) is 16.8 Å². The van der Waals surface area contributed by atoms with Gasteiger partial charge in [0.05, 0.1) is 12.2 Å². The third-order valence-corrected chi connectivity index (χ3v) is 4.66. The Kier molecular flexibility index (Phi) is 4.13. The summed E-state index contributed by atoms with van der Waals surface area (Å²) in [5.74, 6) is 0. The normalized spacial score (nSPS) is 12.3. The minimum Gasteiger partial charge on any atom is -0.378 e. The van der Waals surface area contributed by atoms with Crippen molar-refractivity contribution < 1.29 is 0 Å². The van der Waals surface area contributed by atoms with Gasteiger partial charge in [0.1, 0.15) is 0 Å². The molecule has 0 aliphatic carbocycles. The first-order valence-electron chi connectivity index (χ1n) is 8.70. The molecule has 4 rings (SSSR count). The average molecular weight is 345 g/mol. The van der Waals surface area contributed by atoms with E-state index in [1.807, 2.05) is 17.9 Å². The van der Waals surface area contributed by atoms with Gasteiger partial charge in [-0.3, -0.25) is 4.68 Å². The number of nitrogens with one attached hydrogen (secondary N) is 2. The van der Waals surface area contributed by atoms with E-state index in [-0.39, 0.29) is 6.04 Å². The Balaban J connectivity index is 1.78. The van der Waals surface area contributed by atoms with Crippen LogP contribution in [0.1, 0.15) is 17.2 Å². The zero-order valence-electron chi connectivity index (χ0n) is 15.3. The molecule has 5 nitrogen and oxygen atoms in total. The van der Waals surface area contributed by atoms with Gasteiger partial charge in [0, 0.05) is 66.9 Å². The maximum absolute atomic E-state index is 4.37. The molecule has 5 heteroatoms. The van der Waals surface area contributed by atoms with Crippen molar-refractivity contribution in [1.82, 2.24) is 14.8 Å². The molecule has 2 aromatic carbocycles. The number of benzene rings is 2. The minimum absolute atomic E-state index is 0.0114. The topological polar surface area (TPSA) is 48.9 Å². The average Bonchev–Trinajstić information content (AvgIpc) is 3.26. The molecular formula is C21H23N5. The fourth-order valence-electron chi connectivity index (χ4n) is 3.30. The van der Waals surface area contributed by atoms with Crippen molar-refractivity contribution in [3.8, 4) is 0 Å². The highest BCUT2D eigenvalue weighted by atomic mass is 15.2. The van der Waals surface area contributed by atoms with Crippen molar-refractivity contribution >= 4 is 22.3 Å². The van der Waals surface area contributed by atoms with Crippen LogP contribution in [0.2, 0.25) is 0 Å². The summed E-state index contributed by atoms with van der Waals surface area (Å²) >= 11 is 0. The maximum atomic E-state index is 4.37. The van der Waals surface area contributed by atoms with Crippen molar-refractivity contribution in [2.24, 2.45) is 7.05 Å². The second-order valence-electron chi connectivity index (χ2n) is 6.76. The van der Waals surface area contributed by atoms with Crippen molar-refractivity contribution in [1.29, 1.82) is 0 Å². The highest BCUT2D eigenvalue weighted by molar-refractivity contribution is 5.84. The highest BCUT2D eigenvalue weighted by Crippen LogP contribution is 2.32. The molecule has 0 bridgehead atoms. The molecule has 1 atom stereocenters. The monoisotopic (exact) mass is 345 g/mol. The number of H-pyrrole nitrogens is 1. The number of aryl methyl sites for hydroxylation is 1. The van der Waals surface area contributed by atoms with E-state index < -0.39 is 0 Å². The third kappa shape index (κ3) is 3.04. The number of nitrogens with zero attached hydrogens (tertiary/aromatic N) is 3. The summed E-state index contributed by atoms with van der Waals surface area (Å²) in [7, 11) is 6.05. The van der Waals surface area contributed by atoms with E-state index in [9.17, 15) is 0 Å². The molecule has 0 saturated carbocycles. The summed E-state index contributed by atoms with van der Waals surface area (Å²) in [5, 5.41) is 9.29. The predicted molar refractivity (Wildman–Crippen MR) is 108 cm³/mol. The lowest BCUT2D eigenvalue weighted by Crippen LogP contribution is -2.13. The van der Waals surface area contributed by atoms with Crippen molar-refractivity contribution in [2.45, 2.75) is 6.04 Å². The summed E-state index contributed by atoms with van der Waals surface area (Å²) in [6.07, 6.45) is 6.08. The molecule has 2 heterocycles. The Hall–Kier alpha value is -3.21. The Bertz CT molecular complexity index is 1030. The Labute approximate surface area is 153 Å². The second-order valence-corrected chi connectivity index (χ2v) is 6.76. The first-order valence-corrected chi connectivity index (χ1v) is 8.70. The molecule has 2 N–H and O–H groups in total. The molecule has 0 aliphatic rings. The van der Waals surface area contributed by atoms with Gasteiger partial charge in [0.2, 0.25) is 0 Å². The highest BCUT2D eigenvalue weighted by Gasteiger charge is 2.19. The van der Waals surface area contributed by atoms with Crippen LogP contribution in [0.15, 0.2) is 67.1 Å². The standard InChI is InChI=1S/C21H23N5/c1-25(2)17-8-6-7-16(11-17)24-21(15-12-23-26(3)14-15)19-13-22-20-10-5-4-9-18(19)20/h4-14,21-22,24H,1-3H3. The predicted octanol–water partition coefficient (Wildman–Crippen LogP) is 4.17. The summed E-state index contributed by atoms with van der Waals surface area (Å²) in [6, 6.07) is 16.8. The van der Waals surface area contributed by atoms with Crippen LogP contribution in [0, 0.1) is 0 Å². The summed E-state index contributed by atoms with van der Waals surface area (Å²) in [4.78, 5) is 5.49. The fraction of sp³-hybridized carbons (Fsp3) is 0.190. The molecular weight excluding hydrogens is 322 g/mol. The minimum atomic E-state index is 0.0114. The van der Waals surface area contributed by atoms with Crippen LogP contribution >= 0.6 is 0 Å². The lowest BCUT2D eigenvalue weighted by atomic mass is 10.0. The van der Waals surface area contributed by atoms with E-state index in [4.69, 9.17) is 0 Å². The van der Waals surface area contributed by atoms with E-state index in [0.29, 0.717) is 0 Å². The van der Waals surface area contributed by atoms with Crippen LogP contribution in [0.5, 0.6) is 0 Å². The van der Waals surface area contributed by atoms with E-state index in [2.05, 4.69) is 95.3 Å². The van der Waals surface area contributed by atoms with E-state index >= 15 is 0 Å². The SMILES string of the molecule is CN(C)c1cccc(NC(c2cnn(C)c2)c2c[nH]c3ccccc23)c1. The first-order chi connectivity index (χ1) is 12.6. The molecule has 26 heavy (non-hydrogen) atoms. The van der Waals surface area contributed by atoms with Crippen LogP contribution in [0.25, 0.3) is 10.9 Å². The van der Waals surface area contributed by atoms with Crippen LogP contribution in [0.3, 0.4) is 0 Å². The van der Waals surface area contributed by atoms with Gasteiger partial charge in [-0.1, -0.05) is 24.3 Å². The Morgan fingerprint density at radius 3 is 2.73 bits per heavy atom. The third-order valence-electron chi connectivity index (χ3n) is 4.66. The van der Waals surface area contributed by atoms with Crippen LogP contribution in [0.4, 0.5) is 11.4 Å². The smallest absolute Gasteiger partial charge is 0.0818 e. The molecule has 0 saturated heterocycles. The molecule has 1 unspecified atom stereocenters. The Morgan fingerprint density at radius 2 is 1.96 bits per heavy atom. The van der Waals surface area contributed by atoms with Crippen molar-refractivity contribution in [3.05, 3.63) is 78.2 Å². The van der Waals surface area contributed by atoms with E-state index in [1.165, 1.54) is 16.6 Å². The lowest BCUT2D eigenvalue weighted by molar-refractivity contribution is 0.766. The number of aromatic nitrogens is 3. The number of hydrogen-bond acceptors (Lipinski definition) is 3. The molecule has 2 aromatic heterocycles. The van der Waals surface area contributed by atoms with Crippen molar-refractivity contribution in [3.63, 3.8) is 0 Å². The van der Waals surface area contributed by atoms with E-state index in [1.54, 1.807) is 0 Å². The number of aromatic amines is 1.